The topological polar surface area (TPSA) is 76.7 Å². The minimum absolute atomic E-state index is 0.170. The van der Waals surface area contributed by atoms with Gasteiger partial charge >= 0.3 is 0 Å². The molecule has 0 bridgehead atoms. The van der Waals surface area contributed by atoms with Crippen molar-refractivity contribution in [1.82, 2.24) is 0 Å². The van der Waals surface area contributed by atoms with E-state index in [1.165, 1.54) is 0 Å². The van der Waals surface area contributed by atoms with Crippen LogP contribution in [0.4, 0.5) is 5.69 Å². The van der Waals surface area contributed by atoms with Crippen LogP contribution >= 0.6 is 0 Å². The summed E-state index contributed by atoms with van der Waals surface area (Å²) in [5.41, 5.74) is 6.55. The van der Waals surface area contributed by atoms with E-state index in [1.54, 1.807) is 0 Å². The molecule has 5 heteroatoms. The lowest BCUT2D eigenvalue weighted by atomic mass is 10.1. The maximum Gasteiger partial charge on any atom is 0.273 e. The van der Waals surface area contributed by atoms with Crippen molar-refractivity contribution < 1.29 is 9.63 Å². The number of anilines is 1. The monoisotopic (exact) mass is 219 g/mol. The summed E-state index contributed by atoms with van der Waals surface area (Å²) in [4.78, 5) is 16.7. The first-order valence-corrected chi connectivity index (χ1v) is 5.08. The number of hydrogen-bond donors (Lipinski definition) is 2. The van der Waals surface area contributed by atoms with E-state index in [4.69, 9.17) is 10.6 Å². The van der Waals surface area contributed by atoms with Crippen LogP contribution in [0.1, 0.15) is 6.42 Å². The molecule has 1 heterocycles. The molecule has 0 unspecified atom stereocenters. The molecule has 1 aliphatic heterocycles. The summed E-state index contributed by atoms with van der Waals surface area (Å²) in [6, 6.07) is 9.22. The molecule has 0 saturated heterocycles. The van der Waals surface area contributed by atoms with Crippen molar-refractivity contribution in [3.63, 3.8) is 0 Å². The number of carbonyl (C=O) groups is 1. The van der Waals surface area contributed by atoms with Crippen LogP contribution < -0.4 is 11.1 Å². The van der Waals surface area contributed by atoms with Gasteiger partial charge in [0.05, 0.1) is 0 Å². The van der Waals surface area contributed by atoms with Crippen LogP contribution in [0.3, 0.4) is 0 Å². The Bertz CT molecular complexity index is 403. The van der Waals surface area contributed by atoms with E-state index in [0.717, 1.165) is 5.69 Å². The summed E-state index contributed by atoms with van der Waals surface area (Å²) in [5, 5.41) is 6.45. The Balaban J connectivity index is 1.95. The first-order chi connectivity index (χ1) is 7.79. The van der Waals surface area contributed by atoms with Gasteiger partial charge in [0.15, 0.2) is 0 Å². The molecule has 0 spiro atoms. The Morgan fingerprint density at radius 3 is 2.88 bits per heavy atom. The predicted octanol–water partition coefficient (Wildman–Crippen LogP) is 0.729. The SMILES string of the molecule is NC[C@H]1CC(C(=O)Nc2ccccc2)=NO1. The summed E-state index contributed by atoms with van der Waals surface area (Å²) >= 11 is 0. The molecule has 0 saturated carbocycles. The standard InChI is InChI=1S/C11H13N3O2/c12-7-9-6-10(14-16-9)11(15)13-8-4-2-1-3-5-8/h1-5,9H,6-7,12H2,(H,13,15)/t9-/m1/s1. The molecule has 1 atom stereocenters. The van der Waals surface area contributed by atoms with Gasteiger partial charge in [-0.1, -0.05) is 23.4 Å². The molecular formula is C11H13N3O2. The quantitative estimate of drug-likeness (QED) is 0.786. The number of oxime groups is 1. The molecule has 1 amide bonds. The van der Waals surface area contributed by atoms with Crippen LogP contribution in [0.25, 0.3) is 0 Å². The van der Waals surface area contributed by atoms with Gasteiger partial charge in [-0.3, -0.25) is 4.79 Å². The number of amides is 1. The zero-order valence-electron chi connectivity index (χ0n) is 8.72. The molecule has 1 aromatic carbocycles. The Hall–Kier alpha value is -1.88. The lowest BCUT2D eigenvalue weighted by molar-refractivity contribution is -0.110. The van der Waals surface area contributed by atoms with Crippen LogP contribution in [0, 0.1) is 0 Å². The summed E-state index contributed by atoms with van der Waals surface area (Å²) in [6.07, 6.45) is 0.298. The Kier molecular flexibility index (Phi) is 3.16. The molecular weight excluding hydrogens is 206 g/mol. The van der Waals surface area contributed by atoms with Crippen molar-refractivity contribution in [2.24, 2.45) is 10.9 Å². The summed E-state index contributed by atoms with van der Waals surface area (Å²) in [7, 11) is 0. The third-order valence-electron chi connectivity index (χ3n) is 2.29. The fourth-order valence-corrected chi connectivity index (χ4v) is 1.41. The summed E-state index contributed by atoms with van der Waals surface area (Å²) < 4.78 is 0. The van der Waals surface area contributed by atoms with Gasteiger partial charge in [-0.15, -0.1) is 0 Å². The van der Waals surface area contributed by atoms with Crippen molar-refractivity contribution >= 4 is 17.3 Å². The minimum atomic E-state index is -0.234. The van der Waals surface area contributed by atoms with E-state index in [2.05, 4.69) is 10.5 Å². The largest absolute Gasteiger partial charge is 0.390 e. The van der Waals surface area contributed by atoms with Gasteiger partial charge in [-0.25, -0.2) is 0 Å². The zero-order valence-corrected chi connectivity index (χ0v) is 8.72. The van der Waals surface area contributed by atoms with Crippen molar-refractivity contribution in [3.05, 3.63) is 30.3 Å². The van der Waals surface area contributed by atoms with Crippen LogP contribution in [0.15, 0.2) is 35.5 Å². The maximum absolute atomic E-state index is 11.7. The molecule has 84 valence electrons. The third-order valence-corrected chi connectivity index (χ3v) is 2.29. The highest BCUT2D eigenvalue weighted by Gasteiger charge is 2.24. The number of rotatable bonds is 3. The van der Waals surface area contributed by atoms with Gasteiger partial charge in [0.1, 0.15) is 11.8 Å². The molecule has 1 aliphatic rings. The molecule has 3 N–H and O–H groups in total. The van der Waals surface area contributed by atoms with E-state index in [0.29, 0.717) is 18.7 Å². The fraction of sp³-hybridized carbons (Fsp3) is 0.273. The number of hydrogen-bond acceptors (Lipinski definition) is 4. The molecule has 2 rings (SSSR count). The number of nitrogens with zero attached hydrogens (tertiary/aromatic N) is 1. The molecule has 5 nitrogen and oxygen atoms in total. The smallest absolute Gasteiger partial charge is 0.273 e. The van der Waals surface area contributed by atoms with E-state index in [-0.39, 0.29) is 12.0 Å². The average Bonchev–Trinajstić information content (AvgIpc) is 2.79. The Morgan fingerprint density at radius 2 is 2.25 bits per heavy atom. The van der Waals surface area contributed by atoms with Gasteiger partial charge in [-0.05, 0) is 12.1 Å². The van der Waals surface area contributed by atoms with Gasteiger partial charge in [0.2, 0.25) is 0 Å². The number of carbonyl (C=O) groups excluding carboxylic acids is 1. The number of nitrogens with one attached hydrogen (secondary N) is 1. The second kappa shape index (κ2) is 4.76. The number of para-hydroxylation sites is 1. The second-order valence-electron chi connectivity index (χ2n) is 3.53. The van der Waals surface area contributed by atoms with Gasteiger partial charge in [0.25, 0.3) is 5.91 Å². The molecule has 0 radical (unpaired) electrons. The van der Waals surface area contributed by atoms with Gasteiger partial charge in [-0.2, -0.15) is 0 Å². The molecule has 0 aliphatic carbocycles. The molecule has 1 aromatic rings. The highest BCUT2D eigenvalue weighted by molar-refractivity contribution is 6.43. The lowest BCUT2D eigenvalue weighted by Crippen LogP contribution is -2.25. The number of nitrogens with two attached hydrogens (primary N) is 1. The zero-order chi connectivity index (χ0) is 11.4. The van der Waals surface area contributed by atoms with Gasteiger partial charge in [0, 0.05) is 18.7 Å². The van der Waals surface area contributed by atoms with Crippen molar-refractivity contribution in [2.75, 3.05) is 11.9 Å². The van der Waals surface area contributed by atoms with Crippen molar-refractivity contribution in [2.45, 2.75) is 12.5 Å². The highest BCUT2D eigenvalue weighted by atomic mass is 16.6. The normalized spacial score (nSPS) is 18.8. The van der Waals surface area contributed by atoms with Crippen LogP contribution in [0.5, 0.6) is 0 Å². The van der Waals surface area contributed by atoms with E-state index in [9.17, 15) is 4.79 Å². The molecule has 0 fully saturated rings. The third kappa shape index (κ3) is 2.38. The summed E-state index contributed by atoms with van der Waals surface area (Å²) in [6.45, 7) is 0.367. The van der Waals surface area contributed by atoms with Crippen LogP contribution in [0.2, 0.25) is 0 Å². The van der Waals surface area contributed by atoms with E-state index < -0.39 is 0 Å². The van der Waals surface area contributed by atoms with Crippen molar-refractivity contribution in [1.29, 1.82) is 0 Å². The maximum atomic E-state index is 11.7. The minimum Gasteiger partial charge on any atom is -0.390 e. The molecule has 0 aromatic heterocycles. The van der Waals surface area contributed by atoms with Crippen LogP contribution in [-0.4, -0.2) is 24.3 Å². The highest BCUT2D eigenvalue weighted by Crippen LogP contribution is 2.11. The first kappa shape index (κ1) is 10.6. The van der Waals surface area contributed by atoms with Crippen molar-refractivity contribution in [3.8, 4) is 0 Å². The first-order valence-electron chi connectivity index (χ1n) is 5.08. The Morgan fingerprint density at radius 1 is 1.50 bits per heavy atom. The van der Waals surface area contributed by atoms with E-state index >= 15 is 0 Å². The summed E-state index contributed by atoms with van der Waals surface area (Å²) in [5.74, 6) is -0.234. The lowest BCUT2D eigenvalue weighted by Gasteiger charge is -2.03. The second-order valence-corrected chi connectivity index (χ2v) is 3.53. The fourth-order valence-electron chi connectivity index (χ4n) is 1.41. The average molecular weight is 219 g/mol. The van der Waals surface area contributed by atoms with Gasteiger partial charge < -0.3 is 15.9 Å². The molecule has 16 heavy (non-hydrogen) atoms. The predicted molar refractivity (Wildman–Crippen MR) is 61.1 cm³/mol. The van der Waals surface area contributed by atoms with Crippen LogP contribution in [-0.2, 0) is 9.63 Å². The Labute approximate surface area is 93.3 Å². The number of benzene rings is 1. The van der Waals surface area contributed by atoms with E-state index in [1.807, 2.05) is 30.3 Å².